The highest BCUT2D eigenvalue weighted by Gasteiger charge is 1.72. The zero-order chi connectivity index (χ0) is 4.28. The number of rotatable bonds is 1. The van der Waals surface area contributed by atoms with E-state index in [0.29, 0.717) is 0 Å². The van der Waals surface area contributed by atoms with Gasteiger partial charge in [0.15, 0.2) is 0 Å². The van der Waals surface area contributed by atoms with Gasteiger partial charge in [0.05, 0.1) is 10.4 Å². The van der Waals surface area contributed by atoms with Crippen molar-refractivity contribution in [1.29, 1.82) is 0 Å². The highest BCUT2D eigenvalue weighted by molar-refractivity contribution is 6.13. The van der Waals surface area contributed by atoms with E-state index in [2.05, 4.69) is 11.6 Å². The van der Waals surface area contributed by atoms with Crippen molar-refractivity contribution in [2.24, 2.45) is 0 Å². The van der Waals surface area contributed by atoms with Crippen molar-refractivity contribution < 1.29 is 0 Å². The molecule has 0 rings (SSSR count). The summed E-state index contributed by atoms with van der Waals surface area (Å²) in [6, 6.07) is 0. The smallest absolute Gasteiger partial charge is 0.0776 e. The third-order valence-electron chi connectivity index (χ3n) is 0.632. The van der Waals surface area contributed by atoms with Crippen molar-refractivity contribution >= 4 is 20.6 Å². The van der Waals surface area contributed by atoms with Gasteiger partial charge >= 0.3 is 0 Å². The molecule has 0 aromatic heterocycles. The highest BCUT2D eigenvalue weighted by atomic mass is 28.2. The molecule has 0 spiro atoms. The second-order valence-corrected chi connectivity index (χ2v) is 3.56. The minimum atomic E-state index is 1.24. The minimum absolute atomic E-state index is 1.24. The predicted molar refractivity (Wildman–Crippen MR) is 32.5 cm³/mol. The van der Waals surface area contributed by atoms with Gasteiger partial charge in [-0.05, 0) is 13.2 Å². The zero-order valence-electron chi connectivity index (χ0n) is 4.15. The SMILES string of the molecule is CN([SiH3])C[SiH3]. The molecule has 0 saturated heterocycles. The lowest BCUT2D eigenvalue weighted by Gasteiger charge is -2.00. The fourth-order valence-corrected chi connectivity index (χ4v) is 0. The molecule has 32 valence electrons. The summed E-state index contributed by atoms with van der Waals surface area (Å²) in [4.78, 5) is 0. The van der Waals surface area contributed by atoms with E-state index in [0.717, 1.165) is 0 Å². The van der Waals surface area contributed by atoms with Crippen LogP contribution in [0.5, 0.6) is 0 Å². The van der Waals surface area contributed by atoms with Gasteiger partial charge in [0.1, 0.15) is 0 Å². The average Bonchev–Trinajstić information content (AvgIpc) is 1.38. The van der Waals surface area contributed by atoms with Crippen LogP contribution in [0.25, 0.3) is 0 Å². The van der Waals surface area contributed by atoms with Crippen molar-refractivity contribution in [3.05, 3.63) is 0 Å². The van der Waals surface area contributed by atoms with Crippen LogP contribution in [-0.2, 0) is 0 Å². The molecular weight excluding hydrogens is 94.2 g/mol. The van der Waals surface area contributed by atoms with Gasteiger partial charge in [0.2, 0.25) is 0 Å². The summed E-state index contributed by atoms with van der Waals surface area (Å²) in [5, 5.41) is 0. The monoisotopic (exact) mass is 105 g/mol. The maximum absolute atomic E-state index is 2.33. The molecule has 0 atom stereocenters. The Kier molecular flexibility index (Phi) is 2.83. The van der Waals surface area contributed by atoms with Crippen LogP contribution >= 0.6 is 0 Å². The fourth-order valence-electron chi connectivity index (χ4n) is 0. The third kappa shape index (κ3) is 4.39. The summed E-state index contributed by atoms with van der Waals surface area (Å²) >= 11 is 0. The standard InChI is InChI=1S/C2H11NSi2/c1-3(5)2-4/h2H2,1,4-5H3. The summed E-state index contributed by atoms with van der Waals surface area (Å²) in [6.45, 7) is 0. The molecule has 0 unspecified atom stereocenters. The molecule has 0 amide bonds. The van der Waals surface area contributed by atoms with E-state index >= 15 is 0 Å². The van der Waals surface area contributed by atoms with Gasteiger partial charge in [0, 0.05) is 10.2 Å². The van der Waals surface area contributed by atoms with E-state index in [1.165, 1.54) is 26.8 Å². The van der Waals surface area contributed by atoms with E-state index in [-0.39, 0.29) is 0 Å². The van der Waals surface area contributed by atoms with Gasteiger partial charge in [-0.2, -0.15) is 0 Å². The number of nitrogens with zero attached hydrogens (tertiary/aromatic N) is 1. The van der Waals surface area contributed by atoms with Crippen LogP contribution in [0.2, 0.25) is 0 Å². The molecule has 0 heterocycles. The maximum atomic E-state index is 2.33. The van der Waals surface area contributed by atoms with Gasteiger partial charge < -0.3 is 4.57 Å². The Morgan fingerprint density at radius 3 is 2.00 bits per heavy atom. The molecule has 5 heavy (non-hydrogen) atoms. The van der Waals surface area contributed by atoms with E-state index < -0.39 is 0 Å². The molecule has 0 aromatic rings. The van der Waals surface area contributed by atoms with E-state index in [1.807, 2.05) is 0 Å². The Morgan fingerprint density at radius 2 is 2.00 bits per heavy atom. The minimum Gasteiger partial charge on any atom is -0.338 e. The van der Waals surface area contributed by atoms with Crippen molar-refractivity contribution in [2.75, 3.05) is 13.2 Å². The molecule has 0 aliphatic heterocycles. The molecule has 3 heteroatoms. The first-order valence-corrected chi connectivity index (χ1v) is 4.23. The Labute approximate surface area is 39.3 Å². The lowest BCUT2D eigenvalue weighted by Crippen LogP contribution is -2.14. The van der Waals surface area contributed by atoms with Crippen molar-refractivity contribution in [3.63, 3.8) is 0 Å². The Balaban J connectivity index is 2.54. The quantitative estimate of drug-likeness (QED) is 0.334. The van der Waals surface area contributed by atoms with Crippen LogP contribution in [0, 0.1) is 0 Å². The average molecular weight is 105 g/mol. The molecule has 0 aliphatic carbocycles. The van der Waals surface area contributed by atoms with Gasteiger partial charge in [0.25, 0.3) is 0 Å². The Morgan fingerprint density at radius 1 is 1.80 bits per heavy atom. The molecule has 1 nitrogen and oxygen atoms in total. The van der Waals surface area contributed by atoms with Gasteiger partial charge in [-0.25, -0.2) is 0 Å². The van der Waals surface area contributed by atoms with E-state index in [9.17, 15) is 0 Å². The zero-order valence-corrected chi connectivity index (χ0v) is 8.15. The first-order valence-electron chi connectivity index (χ1n) is 1.92. The van der Waals surface area contributed by atoms with Gasteiger partial charge in [-0.1, -0.05) is 0 Å². The van der Waals surface area contributed by atoms with Crippen LogP contribution in [0.15, 0.2) is 0 Å². The first-order chi connectivity index (χ1) is 2.27. The molecule has 0 fully saturated rings. The third-order valence-corrected chi connectivity index (χ3v) is 3.79. The summed E-state index contributed by atoms with van der Waals surface area (Å²) in [7, 11) is 4.72. The van der Waals surface area contributed by atoms with Crippen molar-refractivity contribution in [2.45, 2.75) is 0 Å². The maximum Gasteiger partial charge on any atom is 0.0776 e. The fraction of sp³-hybridized carbons (Fsp3) is 1.00. The lowest BCUT2D eigenvalue weighted by atomic mass is 11.2. The van der Waals surface area contributed by atoms with Crippen LogP contribution in [0.1, 0.15) is 0 Å². The normalized spacial score (nSPS) is 10.8. The first kappa shape index (κ1) is 5.39. The molecule has 0 radical (unpaired) electrons. The molecule has 0 bridgehead atoms. The van der Waals surface area contributed by atoms with Crippen molar-refractivity contribution in [1.82, 2.24) is 4.57 Å². The largest absolute Gasteiger partial charge is 0.338 e. The number of hydrogen-bond acceptors (Lipinski definition) is 1. The van der Waals surface area contributed by atoms with E-state index in [1.54, 1.807) is 0 Å². The molecule has 0 N–H and O–H groups in total. The second kappa shape index (κ2) is 2.62. The molecule has 0 saturated carbocycles. The molecule has 0 aromatic carbocycles. The highest BCUT2D eigenvalue weighted by Crippen LogP contribution is 1.56. The van der Waals surface area contributed by atoms with E-state index in [4.69, 9.17) is 0 Å². The summed E-state index contributed by atoms with van der Waals surface area (Å²) in [5.41, 5.74) is 0. The summed E-state index contributed by atoms with van der Waals surface area (Å²) in [6.07, 6.45) is 1.34. The Hall–Kier alpha value is 0.394. The van der Waals surface area contributed by atoms with Crippen molar-refractivity contribution in [3.8, 4) is 0 Å². The molecule has 0 aliphatic rings. The van der Waals surface area contributed by atoms with Crippen LogP contribution < -0.4 is 0 Å². The van der Waals surface area contributed by atoms with Gasteiger partial charge in [-0.3, -0.25) is 0 Å². The molecular formula is C2H11NSi2. The number of hydrogen-bond donors (Lipinski definition) is 0. The summed E-state index contributed by atoms with van der Waals surface area (Å²) in [5.74, 6) is 0. The second-order valence-electron chi connectivity index (χ2n) is 1.40. The van der Waals surface area contributed by atoms with Gasteiger partial charge in [-0.15, -0.1) is 0 Å². The van der Waals surface area contributed by atoms with Crippen LogP contribution in [0.3, 0.4) is 0 Å². The predicted octanol–water partition coefficient (Wildman–Crippen LogP) is -2.48. The topological polar surface area (TPSA) is 3.24 Å². The summed E-state index contributed by atoms with van der Waals surface area (Å²) < 4.78 is 2.33. The Bertz CT molecular complexity index is 21.6. The van der Waals surface area contributed by atoms with Crippen LogP contribution in [-0.4, -0.2) is 38.4 Å². The van der Waals surface area contributed by atoms with Crippen LogP contribution in [0.4, 0.5) is 0 Å². The lowest BCUT2D eigenvalue weighted by molar-refractivity contribution is 0.646.